The summed E-state index contributed by atoms with van der Waals surface area (Å²) in [6, 6.07) is -0.772. The second-order valence-corrected chi connectivity index (χ2v) is 5.79. The molecule has 0 saturated carbocycles. The maximum atomic E-state index is 12.0. The molecular formula is C11H18B3NO2. The second-order valence-electron chi connectivity index (χ2n) is 5.79. The van der Waals surface area contributed by atoms with Crippen LogP contribution in [0.15, 0.2) is 0 Å². The molecule has 6 radical (unpaired) electrons. The van der Waals surface area contributed by atoms with E-state index in [-0.39, 0.29) is 0 Å². The van der Waals surface area contributed by atoms with Crippen molar-refractivity contribution in [3.8, 4) is 0 Å². The normalized spacial score (nSPS) is 32.4. The summed E-state index contributed by atoms with van der Waals surface area (Å²) in [4.78, 5) is 12.0. The van der Waals surface area contributed by atoms with Gasteiger partial charge in [0.05, 0.1) is 29.6 Å². The van der Waals surface area contributed by atoms with Crippen LogP contribution in [-0.2, 0) is 9.53 Å². The molecule has 0 amide bonds. The molecule has 0 aliphatic carbocycles. The van der Waals surface area contributed by atoms with Crippen LogP contribution in [0.5, 0.6) is 0 Å². The fraction of sp³-hybridized carbons (Fsp3) is 0.909. The van der Waals surface area contributed by atoms with Gasteiger partial charge in [0.25, 0.3) is 0 Å². The molecule has 1 heterocycles. The average molecular weight is 229 g/mol. The summed E-state index contributed by atoms with van der Waals surface area (Å²) in [5, 5.41) is 0.863. The van der Waals surface area contributed by atoms with Crippen molar-refractivity contribution in [2.24, 2.45) is 0 Å². The van der Waals surface area contributed by atoms with Crippen molar-refractivity contribution in [1.29, 1.82) is 0 Å². The summed E-state index contributed by atoms with van der Waals surface area (Å²) in [5.41, 5.74) is -0.569. The van der Waals surface area contributed by atoms with Crippen molar-refractivity contribution in [2.45, 2.75) is 56.3 Å². The van der Waals surface area contributed by atoms with E-state index >= 15 is 0 Å². The molecule has 17 heavy (non-hydrogen) atoms. The summed E-state index contributed by atoms with van der Waals surface area (Å²) in [6.07, 6.45) is 0.590. The lowest BCUT2D eigenvalue weighted by Gasteiger charge is -2.41. The van der Waals surface area contributed by atoms with Gasteiger partial charge in [-0.25, -0.2) is 0 Å². The van der Waals surface area contributed by atoms with Gasteiger partial charge >= 0.3 is 5.97 Å². The van der Waals surface area contributed by atoms with E-state index in [9.17, 15) is 4.79 Å². The van der Waals surface area contributed by atoms with Crippen LogP contribution in [0, 0.1) is 0 Å². The maximum absolute atomic E-state index is 12.0. The Morgan fingerprint density at radius 3 is 2.29 bits per heavy atom. The van der Waals surface area contributed by atoms with Crippen molar-refractivity contribution in [3.63, 3.8) is 0 Å². The van der Waals surface area contributed by atoms with E-state index in [2.05, 4.69) is 5.32 Å². The molecule has 0 bridgehead atoms. The van der Waals surface area contributed by atoms with Gasteiger partial charge < -0.3 is 10.1 Å². The minimum absolute atomic E-state index is 0.403. The Bertz CT molecular complexity index is 314. The minimum atomic E-state index is -1.30. The molecule has 3 nitrogen and oxygen atoms in total. The molecule has 1 fully saturated rings. The summed E-state index contributed by atoms with van der Waals surface area (Å²) in [6.45, 7) is 7.69. The van der Waals surface area contributed by atoms with E-state index < -0.39 is 28.1 Å². The molecule has 1 rings (SSSR count). The molecule has 6 heteroatoms. The highest BCUT2D eigenvalue weighted by Gasteiger charge is 2.52. The Morgan fingerprint density at radius 1 is 1.41 bits per heavy atom. The molecule has 1 saturated heterocycles. The van der Waals surface area contributed by atoms with E-state index in [1.165, 1.54) is 0 Å². The van der Waals surface area contributed by atoms with Crippen LogP contribution in [0.1, 0.15) is 34.1 Å². The summed E-state index contributed by atoms with van der Waals surface area (Å²) < 4.78 is 5.28. The van der Waals surface area contributed by atoms with Gasteiger partial charge in [-0.3, -0.25) is 4.79 Å². The quantitative estimate of drug-likeness (QED) is 0.552. The third-order valence-corrected chi connectivity index (χ3v) is 3.24. The van der Waals surface area contributed by atoms with Crippen molar-refractivity contribution < 1.29 is 9.53 Å². The van der Waals surface area contributed by atoms with Crippen molar-refractivity contribution >= 4 is 29.5 Å². The number of carbonyl (C=O) groups is 1. The van der Waals surface area contributed by atoms with Gasteiger partial charge in [0, 0.05) is 0 Å². The third kappa shape index (κ3) is 2.73. The number of ether oxygens (including phenoxy) is 1. The van der Waals surface area contributed by atoms with Gasteiger partial charge in [0.1, 0.15) is 5.60 Å². The molecule has 1 aliphatic heterocycles. The fourth-order valence-corrected chi connectivity index (χ4v) is 1.96. The van der Waals surface area contributed by atoms with Crippen LogP contribution in [0.3, 0.4) is 0 Å². The first-order valence-electron chi connectivity index (χ1n) is 5.86. The highest BCUT2D eigenvalue weighted by molar-refractivity contribution is 6.47. The van der Waals surface area contributed by atoms with E-state index in [1.807, 2.05) is 6.92 Å². The highest BCUT2D eigenvalue weighted by Crippen LogP contribution is 2.53. The van der Waals surface area contributed by atoms with Crippen LogP contribution in [0.25, 0.3) is 0 Å². The number of hydrogen-bond donors (Lipinski definition) is 1. The SMILES string of the molecule is [B]C1(CC)CN[C@H](C(=O)OC(C)(C)C)C1([B])[B]. The van der Waals surface area contributed by atoms with Crippen molar-refractivity contribution in [3.05, 3.63) is 0 Å². The topological polar surface area (TPSA) is 38.3 Å². The van der Waals surface area contributed by atoms with Gasteiger partial charge in [-0.05, 0) is 27.3 Å². The lowest BCUT2D eigenvalue weighted by Crippen LogP contribution is -2.45. The van der Waals surface area contributed by atoms with Crippen molar-refractivity contribution in [1.82, 2.24) is 5.32 Å². The van der Waals surface area contributed by atoms with Gasteiger partial charge in [-0.2, -0.15) is 0 Å². The molecule has 1 N–H and O–H groups in total. The smallest absolute Gasteiger partial charge is 0.322 e. The number of nitrogens with one attached hydrogen (secondary N) is 1. The predicted octanol–water partition coefficient (Wildman–Crippen LogP) is 0.490. The van der Waals surface area contributed by atoms with E-state index in [0.29, 0.717) is 13.0 Å². The maximum Gasteiger partial charge on any atom is 0.322 e. The number of hydrogen-bond acceptors (Lipinski definition) is 3. The van der Waals surface area contributed by atoms with Gasteiger partial charge in [-0.15, -0.1) is 0 Å². The van der Waals surface area contributed by atoms with Gasteiger partial charge in [0.15, 0.2) is 0 Å². The molecule has 2 atom stereocenters. The molecular weight excluding hydrogens is 211 g/mol. The molecule has 88 valence electrons. The van der Waals surface area contributed by atoms with Crippen molar-refractivity contribution in [2.75, 3.05) is 6.54 Å². The van der Waals surface area contributed by atoms with Gasteiger partial charge in [-0.1, -0.05) is 23.9 Å². The van der Waals surface area contributed by atoms with E-state index in [4.69, 9.17) is 28.3 Å². The molecule has 1 unspecified atom stereocenters. The molecule has 1 aliphatic rings. The standard InChI is InChI=1S/C11H18B3NO2/c1-5-10(12)6-15-7(11(10,13)14)8(16)17-9(2,3)4/h7,15H,5-6H2,1-4H3/t7-,10?/m1/s1. The average Bonchev–Trinajstić information content (AvgIpc) is 2.36. The summed E-state index contributed by atoms with van der Waals surface area (Å²) in [5.74, 6) is -0.455. The lowest BCUT2D eigenvalue weighted by molar-refractivity contribution is -0.157. The third-order valence-electron chi connectivity index (χ3n) is 3.24. The Hall–Kier alpha value is -0.375. The first-order valence-corrected chi connectivity index (χ1v) is 5.86. The summed E-state index contributed by atoms with van der Waals surface area (Å²) >= 11 is 0. The van der Waals surface area contributed by atoms with Crippen LogP contribution < -0.4 is 5.32 Å². The van der Waals surface area contributed by atoms with Crippen LogP contribution >= 0.6 is 0 Å². The molecule has 0 aromatic carbocycles. The van der Waals surface area contributed by atoms with E-state index in [1.54, 1.807) is 20.8 Å². The zero-order valence-electron chi connectivity index (χ0n) is 11.0. The van der Waals surface area contributed by atoms with E-state index in [0.717, 1.165) is 0 Å². The van der Waals surface area contributed by atoms with Crippen LogP contribution in [0.4, 0.5) is 0 Å². The summed E-state index contributed by atoms with van der Waals surface area (Å²) in [7, 11) is 18.1. The Labute approximate surface area is 108 Å². The Balaban J connectivity index is 2.85. The second kappa shape index (κ2) is 4.38. The highest BCUT2D eigenvalue weighted by atomic mass is 16.6. The molecule has 0 spiro atoms. The number of esters is 1. The van der Waals surface area contributed by atoms with Gasteiger partial charge in [0.2, 0.25) is 0 Å². The van der Waals surface area contributed by atoms with Crippen LogP contribution in [0.2, 0.25) is 10.5 Å². The fourth-order valence-electron chi connectivity index (χ4n) is 1.96. The monoisotopic (exact) mass is 229 g/mol. The number of rotatable bonds is 2. The number of carbonyl (C=O) groups excluding carboxylic acids is 1. The zero-order chi connectivity index (χ0) is 13.5. The van der Waals surface area contributed by atoms with Crippen LogP contribution in [-0.4, -0.2) is 47.7 Å². The first-order chi connectivity index (χ1) is 7.53. The largest absolute Gasteiger partial charge is 0.459 e. The lowest BCUT2D eigenvalue weighted by atomic mass is 9.35. The minimum Gasteiger partial charge on any atom is -0.459 e. The molecule has 0 aromatic heterocycles. The zero-order valence-corrected chi connectivity index (χ0v) is 11.0. The first kappa shape index (κ1) is 14.7. The Kier molecular flexibility index (Phi) is 3.78. The molecule has 0 aromatic rings. The Morgan fingerprint density at radius 2 is 1.94 bits per heavy atom. The predicted molar refractivity (Wildman–Crippen MR) is 70.6 cm³/mol.